The number of methoxy groups -OCH3 is 1. The van der Waals surface area contributed by atoms with Gasteiger partial charge in [-0.15, -0.1) is 0 Å². The van der Waals surface area contributed by atoms with Gasteiger partial charge in [0.05, 0.1) is 12.7 Å². The third-order valence-corrected chi connectivity index (χ3v) is 2.09. The fourth-order valence-corrected chi connectivity index (χ4v) is 1.12. The number of benzene rings is 1. The van der Waals surface area contributed by atoms with E-state index in [4.69, 9.17) is 5.73 Å². The van der Waals surface area contributed by atoms with E-state index in [1.54, 1.807) is 24.3 Å². The highest BCUT2D eigenvalue weighted by atomic mass is 32.1. The molecule has 6 heteroatoms. The zero-order chi connectivity index (χ0) is 12.1. The zero-order valence-corrected chi connectivity index (χ0v) is 9.34. The second kappa shape index (κ2) is 5.22. The van der Waals surface area contributed by atoms with Gasteiger partial charge in [-0.3, -0.25) is 4.79 Å². The van der Waals surface area contributed by atoms with Crippen LogP contribution in [0, 0.1) is 0 Å². The summed E-state index contributed by atoms with van der Waals surface area (Å²) in [6.45, 7) is 0. The fourth-order valence-electron chi connectivity index (χ4n) is 1.00. The third kappa shape index (κ3) is 3.03. The number of nitrogens with one attached hydrogen (secondary N) is 1. The second-order valence-corrected chi connectivity index (χ2v) is 3.30. The summed E-state index contributed by atoms with van der Waals surface area (Å²) in [5, 5.41) is 2.63. The fraction of sp³-hybridized carbons (Fsp3) is 0.100. The number of primary amides is 1. The molecule has 5 nitrogen and oxygen atoms in total. The highest BCUT2D eigenvalue weighted by molar-refractivity contribution is 7.82. The summed E-state index contributed by atoms with van der Waals surface area (Å²) < 4.78 is 4.54. The number of ether oxygens (including phenoxy) is 1. The summed E-state index contributed by atoms with van der Waals surface area (Å²) in [6, 6.07) is 6.30. The van der Waals surface area contributed by atoms with Gasteiger partial charge in [0.15, 0.2) is 4.99 Å². The summed E-state index contributed by atoms with van der Waals surface area (Å²) in [7, 11) is 1.30. The van der Waals surface area contributed by atoms with Gasteiger partial charge in [0.2, 0.25) is 0 Å². The number of amides is 1. The van der Waals surface area contributed by atoms with Crippen LogP contribution in [0.4, 0.5) is 5.69 Å². The van der Waals surface area contributed by atoms with Crippen LogP contribution in [0.2, 0.25) is 0 Å². The van der Waals surface area contributed by atoms with Crippen molar-refractivity contribution in [2.24, 2.45) is 5.73 Å². The molecule has 0 spiro atoms. The van der Waals surface area contributed by atoms with Crippen LogP contribution >= 0.6 is 12.2 Å². The molecule has 0 aliphatic rings. The molecule has 0 aliphatic heterocycles. The normalized spacial score (nSPS) is 9.31. The van der Waals surface area contributed by atoms with Gasteiger partial charge in [-0.2, -0.15) is 0 Å². The van der Waals surface area contributed by atoms with E-state index in [2.05, 4.69) is 22.3 Å². The van der Waals surface area contributed by atoms with Crippen LogP contribution in [-0.4, -0.2) is 24.0 Å². The number of hydrogen-bond donors (Lipinski definition) is 2. The summed E-state index contributed by atoms with van der Waals surface area (Å²) in [5.74, 6) is -1.13. The molecular weight excluding hydrogens is 228 g/mol. The second-order valence-electron chi connectivity index (χ2n) is 2.89. The smallest absolute Gasteiger partial charge is 0.337 e. The average Bonchev–Trinajstić information content (AvgIpc) is 2.28. The van der Waals surface area contributed by atoms with Gasteiger partial charge in [-0.1, -0.05) is 12.2 Å². The predicted octanol–water partition coefficient (Wildman–Crippen LogP) is 0.698. The third-order valence-electron chi connectivity index (χ3n) is 1.79. The lowest BCUT2D eigenvalue weighted by atomic mass is 10.2. The van der Waals surface area contributed by atoms with Gasteiger partial charge in [0.1, 0.15) is 0 Å². The molecule has 0 saturated carbocycles. The maximum atomic E-state index is 11.1. The molecule has 0 bridgehead atoms. The van der Waals surface area contributed by atoms with Crippen molar-refractivity contribution in [2.45, 2.75) is 0 Å². The Kier molecular flexibility index (Phi) is 3.96. The van der Waals surface area contributed by atoms with Crippen LogP contribution in [-0.2, 0) is 9.53 Å². The molecule has 0 radical (unpaired) electrons. The highest BCUT2D eigenvalue weighted by Crippen LogP contribution is 2.10. The summed E-state index contributed by atoms with van der Waals surface area (Å²) in [6.07, 6.45) is 0. The standard InChI is InChI=1S/C10H10N2O3S/c1-15-10(14)6-2-4-7(5-3-6)12-9(16)8(11)13/h2-5H,1H3,(H2,11,13)(H,12,16). The lowest BCUT2D eigenvalue weighted by Gasteiger charge is -2.05. The van der Waals surface area contributed by atoms with Crippen molar-refractivity contribution in [3.8, 4) is 0 Å². The molecule has 0 aliphatic carbocycles. The van der Waals surface area contributed by atoms with E-state index in [1.165, 1.54) is 7.11 Å². The molecule has 84 valence electrons. The number of esters is 1. The lowest BCUT2D eigenvalue weighted by molar-refractivity contribution is -0.111. The molecule has 0 unspecified atom stereocenters. The first-order valence-corrected chi connectivity index (χ1v) is 4.74. The van der Waals surface area contributed by atoms with Gasteiger partial charge >= 0.3 is 5.97 Å². The van der Waals surface area contributed by atoms with E-state index in [-0.39, 0.29) is 4.99 Å². The van der Waals surface area contributed by atoms with Crippen molar-refractivity contribution in [3.05, 3.63) is 29.8 Å². The molecule has 0 saturated heterocycles. The maximum Gasteiger partial charge on any atom is 0.337 e. The molecule has 1 amide bonds. The molecule has 0 heterocycles. The van der Waals surface area contributed by atoms with Crippen molar-refractivity contribution in [2.75, 3.05) is 12.4 Å². The molecule has 1 rings (SSSR count). The number of anilines is 1. The molecule has 0 aromatic heterocycles. The predicted molar refractivity (Wildman–Crippen MR) is 63.2 cm³/mol. The Hall–Kier alpha value is -1.95. The van der Waals surface area contributed by atoms with Crippen molar-refractivity contribution >= 4 is 34.8 Å². The van der Waals surface area contributed by atoms with Gasteiger partial charge in [0, 0.05) is 5.69 Å². The Balaban J connectivity index is 2.76. The van der Waals surface area contributed by atoms with E-state index < -0.39 is 11.9 Å². The van der Waals surface area contributed by atoms with E-state index in [0.717, 1.165) is 0 Å². The van der Waals surface area contributed by atoms with Crippen LogP contribution in [0.15, 0.2) is 24.3 Å². The number of nitrogens with two attached hydrogens (primary N) is 1. The van der Waals surface area contributed by atoms with E-state index in [0.29, 0.717) is 11.3 Å². The molecular formula is C10H10N2O3S. The number of hydrogen-bond acceptors (Lipinski definition) is 4. The quantitative estimate of drug-likeness (QED) is 0.585. The maximum absolute atomic E-state index is 11.1. The van der Waals surface area contributed by atoms with Crippen LogP contribution < -0.4 is 11.1 Å². The van der Waals surface area contributed by atoms with Crippen molar-refractivity contribution in [3.63, 3.8) is 0 Å². The lowest BCUT2D eigenvalue weighted by Crippen LogP contribution is -2.27. The van der Waals surface area contributed by atoms with Crippen LogP contribution in [0.25, 0.3) is 0 Å². The first kappa shape index (κ1) is 12.1. The molecule has 0 atom stereocenters. The van der Waals surface area contributed by atoms with Gasteiger partial charge in [0.25, 0.3) is 5.91 Å². The van der Waals surface area contributed by atoms with Crippen molar-refractivity contribution in [1.29, 1.82) is 0 Å². The Morgan fingerprint density at radius 2 is 1.88 bits per heavy atom. The van der Waals surface area contributed by atoms with Gasteiger partial charge in [-0.05, 0) is 24.3 Å². The number of carbonyl (C=O) groups excluding carboxylic acids is 2. The van der Waals surface area contributed by atoms with E-state index in [1.807, 2.05) is 0 Å². The van der Waals surface area contributed by atoms with Crippen LogP contribution in [0.3, 0.4) is 0 Å². The largest absolute Gasteiger partial charge is 0.465 e. The summed E-state index contributed by atoms with van der Waals surface area (Å²) in [4.78, 5) is 21.7. The van der Waals surface area contributed by atoms with E-state index >= 15 is 0 Å². The van der Waals surface area contributed by atoms with Crippen molar-refractivity contribution < 1.29 is 14.3 Å². The molecule has 3 N–H and O–H groups in total. The molecule has 16 heavy (non-hydrogen) atoms. The molecule has 1 aromatic rings. The SMILES string of the molecule is COC(=O)c1ccc(NC(=S)C(N)=O)cc1. The monoisotopic (exact) mass is 238 g/mol. The minimum Gasteiger partial charge on any atom is -0.465 e. The minimum atomic E-state index is -0.702. The van der Waals surface area contributed by atoms with Crippen LogP contribution in [0.1, 0.15) is 10.4 Å². The minimum absolute atomic E-state index is 0.0779. The Morgan fingerprint density at radius 1 is 1.31 bits per heavy atom. The van der Waals surface area contributed by atoms with Gasteiger partial charge < -0.3 is 15.8 Å². The Labute approximate surface area is 97.6 Å². The topological polar surface area (TPSA) is 81.4 Å². The Morgan fingerprint density at radius 3 is 2.31 bits per heavy atom. The van der Waals surface area contributed by atoms with Gasteiger partial charge in [-0.25, -0.2) is 4.79 Å². The number of thiocarbonyl (C=S) groups is 1. The Bertz CT molecular complexity index is 428. The summed E-state index contributed by atoms with van der Waals surface area (Å²) >= 11 is 4.69. The first-order valence-electron chi connectivity index (χ1n) is 4.33. The first-order chi connectivity index (χ1) is 7.54. The van der Waals surface area contributed by atoms with E-state index in [9.17, 15) is 9.59 Å². The zero-order valence-electron chi connectivity index (χ0n) is 8.52. The molecule has 0 fully saturated rings. The highest BCUT2D eigenvalue weighted by Gasteiger charge is 2.06. The molecule has 1 aromatic carbocycles. The van der Waals surface area contributed by atoms with Crippen LogP contribution in [0.5, 0.6) is 0 Å². The summed E-state index contributed by atoms with van der Waals surface area (Å²) in [5.41, 5.74) is 5.96. The number of rotatable bonds is 2. The average molecular weight is 238 g/mol. The van der Waals surface area contributed by atoms with Crippen molar-refractivity contribution in [1.82, 2.24) is 0 Å². The number of carbonyl (C=O) groups is 2.